The zero-order chi connectivity index (χ0) is 16.2. The molecule has 0 amide bonds. The molecule has 0 heterocycles. The highest BCUT2D eigenvalue weighted by molar-refractivity contribution is 7.99. The van der Waals surface area contributed by atoms with E-state index in [4.69, 9.17) is 5.26 Å². The van der Waals surface area contributed by atoms with Crippen LogP contribution in [0, 0.1) is 11.3 Å². The first-order valence-electron chi connectivity index (χ1n) is 7.44. The molecule has 0 saturated heterocycles. The van der Waals surface area contributed by atoms with Crippen molar-refractivity contribution in [1.29, 1.82) is 5.26 Å². The molecule has 1 saturated carbocycles. The zero-order valence-electron chi connectivity index (χ0n) is 13.0. The fourth-order valence-electron chi connectivity index (χ4n) is 2.97. The largest absolute Gasteiger partial charge is 0.301 e. The molecule has 22 heavy (non-hydrogen) atoms. The molecular weight excluding hydrogens is 316 g/mol. The molecule has 0 radical (unpaired) electrons. The number of hydrogen-bond donors (Lipinski definition) is 0. The SMILES string of the molecule is CS[C@@H]1CCC[C@@H]1N(C)CCS(=O)(=O)c1ccc(C#N)cc1. The Morgan fingerprint density at radius 2 is 2.00 bits per heavy atom. The van der Waals surface area contributed by atoms with Crippen molar-refractivity contribution < 1.29 is 8.42 Å². The number of sulfone groups is 1. The molecule has 0 spiro atoms. The molecular formula is C16H22N2O2S2. The number of thioether (sulfide) groups is 1. The van der Waals surface area contributed by atoms with E-state index in [0.29, 0.717) is 28.3 Å². The number of benzene rings is 1. The van der Waals surface area contributed by atoms with E-state index in [-0.39, 0.29) is 5.75 Å². The van der Waals surface area contributed by atoms with Gasteiger partial charge in [-0.2, -0.15) is 17.0 Å². The first-order chi connectivity index (χ1) is 10.5. The Labute approximate surface area is 137 Å². The van der Waals surface area contributed by atoms with Gasteiger partial charge in [0.1, 0.15) is 0 Å². The van der Waals surface area contributed by atoms with Crippen LogP contribution < -0.4 is 0 Å². The van der Waals surface area contributed by atoms with Gasteiger partial charge in [0.2, 0.25) is 0 Å². The Hall–Kier alpha value is -1.03. The highest BCUT2D eigenvalue weighted by Crippen LogP contribution is 2.31. The summed E-state index contributed by atoms with van der Waals surface area (Å²) in [6, 6.07) is 8.63. The van der Waals surface area contributed by atoms with Gasteiger partial charge >= 0.3 is 0 Å². The highest BCUT2D eigenvalue weighted by Gasteiger charge is 2.30. The standard InChI is InChI=1S/C16H22N2O2S2/c1-18(15-4-3-5-16(15)21-2)10-11-22(19,20)14-8-6-13(12-17)7-9-14/h6-9,15-16H,3-5,10-11H2,1-2H3/t15-,16+/m0/s1. The molecule has 1 aliphatic rings. The molecule has 1 fully saturated rings. The molecule has 0 N–H and O–H groups in total. The maximum absolute atomic E-state index is 12.4. The van der Waals surface area contributed by atoms with Crippen LogP contribution in [0.1, 0.15) is 24.8 Å². The third kappa shape index (κ3) is 4.03. The van der Waals surface area contributed by atoms with Crippen molar-refractivity contribution in [2.75, 3.05) is 25.6 Å². The van der Waals surface area contributed by atoms with Crippen LogP contribution in [-0.2, 0) is 9.84 Å². The number of nitriles is 1. The zero-order valence-corrected chi connectivity index (χ0v) is 14.7. The number of nitrogens with zero attached hydrogens (tertiary/aromatic N) is 2. The van der Waals surface area contributed by atoms with Crippen LogP contribution in [0.5, 0.6) is 0 Å². The Bertz CT molecular complexity index is 635. The van der Waals surface area contributed by atoms with Crippen LogP contribution in [0.25, 0.3) is 0 Å². The van der Waals surface area contributed by atoms with Gasteiger partial charge in [-0.3, -0.25) is 0 Å². The van der Waals surface area contributed by atoms with Gasteiger partial charge in [-0.1, -0.05) is 6.42 Å². The Morgan fingerprint density at radius 1 is 1.32 bits per heavy atom. The van der Waals surface area contributed by atoms with Crippen LogP contribution in [0.2, 0.25) is 0 Å². The minimum atomic E-state index is -3.29. The van der Waals surface area contributed by atoms with E-state index in [1.165, 1.54) is 25.0 Å². The topological polar surface area (TPSA) is 61.2 Å². The van der Waals surface area contributed by atoms with Crippen LogP contribution in [-0.4, -0.2) is 50.2 Å². The van der Waals surface area contributed by atoms with Crippen molar-refractivity contribution in [2.45, 2.75) is 35.4 Å². The third-order valence-electron chi connectivity index (χ3n) is 4.34. The molecule has 6 heteroatoms. The van der Waals surface area contributed by atoms with Gasteiger partial charge in [-0.15, -0.1) is 0 Å². The fourth-order valence-corrected chi connectivity index (χ4v) is 5.35. The number of rotatable bonds is 6. The Morgan fingerprint density at radius 3 is 2.59 bits per heavy atom. The molecule has 0 bridgehead atoms. The second-order valence-corrected chi connectivity index (χ2v) is 8.89. The average molecular weight is 338 g/mol. The van der Waals surface area contributed by atoms with Gasteiger partial charge in [-0.25, -0.2) is 8.42 Å². The molecule has 2 atom stereocenters. The third-order valence-corrected chi connectivity index (χ3v) is 7.21. The molecule has 1 aromatic rings. The lowest BCUT2D eigenvalue weighted by molar-refractivity contribution is 0.264. The van der Waals surface area contributed by atoms with Crippen molar-refractivity contribution in [2.24, 2.45) is 0 Å². The van der Waals surface area contributed by atoms with Crippen molar-refractivity contribution in [3.05, 3.63) is 29.8 Å². The number of hydrogen-bond acceptors (Lipinski definition) is 5. The maximum atomic E-state index is 12.4. The second-order valence-electron chi connectivity index (χ2n) is 5.71. The molecule has 0 unspecified atom stereocenters. The summed E-state index contributed by atoms with van der Waals surface area (Å²) in [6.07, 6.45) is 5.73. The summed E-state index contributed by atoms with van der Waals surface area (Å²) in [6.45, 7) is 0.546. The maximum Gasteiger partial charge on any atom is 0.179 e. The second kappa shape index (κ2) is 7.49. The van der Waals surface area contributed by atoms with Crippen molar-refractivity contribution in [3.63, 3.8) is 0 Å². The van der Waals surface area contributed by atoms with Gasteiger partial charge in [0.05, 0.1) is 22.3 Å². The lowest BCUT2D eigenvalue weighted by Crippen LogP contribution is -2.38. The lowest BCUT2D eigenvalue weighted by Gasteiger charge is -2.28. The van der Waals surface area contributed by atoms with E-state index < -0.39 is 9.84 Å². The first kappa shape index (κ1) is 17.3. The molecule has 1 aliphatic carbocycles. The minimum absolute atomic E-state index is 0.118. The molecule has 0 aliphatic heterocycles. The van der Waals surface area contributed by atoms with E-state index in [0.717, 1.165) is 6.42 Å². The molecule has 4 nitrogen and oxygen atoms in total. The molecule has 1 aromatic carbocycles. The van der Waals surface area contributed by atoms with Gasteiger partial charge in [-0.05, 0) is 50.4 Å². The summed E-state index contributed by atoms with van der Waals surface area (Å²) < 4.78 is 24.8. The van der Waals surface area contributed by atoms with Crippen molar-refractivity contribution in [1.82, 2.24) is 4.90 Å². The van der Waals surface area contributed by atoms with Crippen LogP contribution in [0.15, 0.2) is 29.2 Å². The van der Waals surface area contributed by atoms with E-state index in [9.17, 15) is 8.42 Å². The fraction of sp³-hybridized carbons (Fsp3) is 0.562. The van der Waals surface area contributed by atoms with E-state index >= 15 is 0 Å². The smallest absolute Gasteiger partial charge is 0.179 e. The highest BCUT2D eigenvalue weighted by atomic mass is 32.2. The average Bonchev–Trinajstić information content (AvgIpc) is 3.01. The molecule has 0 aromatic heterocycles. The van der Waals surface area contributed by atoms with Gasteiger partial charge in [0, 0.05) is 17.8 Å². The summed E-state index contributed by atoms with van der Waals surface area (Å²) in [5.41, 5.74) is 0.477. The van der Waals surface area contributed by atoms with Crippen LogP contribution in [0.4, 0.5) is 0 Å². The lowest BCUT2D eigenvalue weighted by atomic mass is 10.2. The summed E-state index contributed by atoms with van der Waals surface area (Å²) in [7, 11) is -1.27. The van der Waals surface area contributed by atoms with E-state index in [1.54, 1.807) is 12.1 Å². The van der Waals surface area contributed by atoms with E-state index in [1.807, 2.05) is 24.9 Å². The van der Waals surface area contributed by atoms with Crippen LogP contribution in [0.3, 0.4) is 0 Å². The summed E-state index contributed by atoms with van der Waals surface area (Å²) in [5.74, 6) is 0.118. The van der Waals surface area contributed by atoms with E-state index in [2.05, 4.69) is 11.2 Å². The van der Waals surface area contributed by atoms with Gasteiger partial charge in [0.15, 0.2) is 9.84 Å². The van der Waals surface area contributed by atoms with Crippen molar-refractivity contribution in [3.8, 4) is 6.07 Å². The van der Waals surface area contributed by atoms with Gasteiger partial charge < -0.3 is 4.90 Å². The van der Waals surface area contributed by atoms with Crippen molar-refractivity contribution >= 4 is 21.6 Å². The normalized spacial score (nSPS) is 21.9. The molecule has 120 valence electrons. The van der Waals surface area contributed by atoms with Gasteiger partial charge in [0.25, 0.3) is 0 Å². The monoisotopic (exact) mass is 338 g/mol. The quantitative estimate of drug-likeness (QED) is 0.798. The summed E-state index contributed by atoms with van der Waals surface area (Å²) in [5, 5.41) is 9.38. The first-order valence-corrected chi connectivity index (χ1v) is 10.4. The summed E-state index contributed by atoms with van der Waals surface area (Å²) in [4.78, 5) is 2.49. The predicted octanol–water partition coefficient (Wildman–Crippen LogP) is 2.55. The Balaban J connectivity index is 1.98. The minimum Gasteiger partial charge on any atom is -0.301 e. The van der Waals surface area contributed by atoms with Crippen LogP contribution >= 0.6 is 11.8 Å². The predicted molar refractivity (Wildman–Crippen MR) is 90.8 cm³/mol. The molecule has 2 rings (SSSR count). The summed E-state index contributed by atoms with van der Waals surface area (Å²) >= 11 is 1.88. The Kier molecular flexibility index (Phi) is 5.90.